The number of benzene rings is 1. The summed E-state index contributed by atoms with van der Waals surface area (Å²) in [6.07, 6.45) is 3.30. The molecule has 4 rings (SSSR count). The number of amides is 1. The van der Waals surface area contributed by atoms with E-state index < -0.39 is 0 Å². The largest absolute Gasteiger partial charge is 0.344 e. The molecule has 2 aromatic rings. The molecular formula is C17H15N3O. The van der Waals surface area contributed by atoms with E-state index in [2.05, 4.69) is 22.9 Å². The van der Waals surface area contributed by atoms with Crippen molar-refractivity contribution in [2.75, 3.05) is 16.8 Å². The van der Waals surface area contributed by atoms with Gasteiger partial charge in [-0.15, -0.1) is 0 Å². The highest BCUT2D eigenvalue weighted by Crippen LogP contribution is 2.30. The highest BCUT2D eigenvalue weighted by molar-refractivity contribution is 6.07. The second kappa shape index (κ2) is 4.45. The summed E-state index contributed by atoms with van der Waals surface area (Å²) in [5, 5.41) is 3.12. The molecule has 0 bridgehead atoms. The van der Waals surface area contributed by atoms with E-state index in [1.807, 2.05) is 29.2 Å². The third kappa shape index (κ3) is 1.91. The molecule has 0 saturated heterocycles. The maximum absolute atomic E-state index is 12.7. The summed E-state index contributed by atoms with van der Waals surface area (Å²) in [5.74, 6) is 0.839. The SMILES string of the molecule is C=C1Cc2cc(C(=O)N3CCc4ccccc43)cnc2N1. The van der Waals surface area contributed by atoms with Gasteiger partial charge in [0.05, 0.1) is 5.56 Å². The Morgan fingerprint density at radius 2 is 2.14 bits per heavy atom. The van der Waals surface area contributed by atoms with Crippen molar-refractivity contribution in [3.05, 3.63) is 65.5 Å². The average molecular weight is 277 g/mol. The zero-order valence-corrected chi connectivity index (χ0v) is 11.6. The number of allylic oxidation sites excluding steroid dienone is 1. The first kappa shape index (κ1) is 12.1. The van der Waals surface area contributed by atoms with Crippen molar-refractivity contribution in [2.45, 2.75) is 12.8 Å². The van der Waals surface area contributed by atoms with Crippen LogP contribution in [0, 0.1) is 0 Å². The first-order valence-electron chi connectivity index (χ1n) is 7.06. The minimum atomic E-state index is 0.0211. The summed E-state index contributed by atoms with van der Waals surface area (Å²) in [6, 6.07) is 10.00. The average Bonchev–Trinajstić information content (AvgIpc) is 3.07. The molecule has 104 valence electrons. The Labute approximate surface area is 123 Å². The minimum absolute atomic E-state index is 0.0211. The summed E-state index contributed by atoms with van der Waals surface area (Å²) in [6.45, 7) is 4.64. The maximum atomic E-state index is 12.7. The van der Waals surface area contributed by atoms with E-state index >= 15 is 0 Å². The van der Waals surface area contributed by atoms with Crippen LogP contribution in [0.3, 0.4) is 0 Å². The first-order valence-corrected chi connectivity index (χ1v) is 7.06. The van der Waals surface area contributed by atoms with Crippen LogP contribution in [0.4, 0.5) is 11.5 Å². The zero-order valence-electron chi connectivity index (χ0n) is 11.6. The molecule has 1 aromatic heterocycles. The molecule has 2 aliphatic rings. The number of anilines is 2. The molecule has 0 unspecified atom stereocenters. The van der Waals surface area contributed by atoms with Gasteiger partial charge in [-0.1, -0.05) is 24.8 Å². The van der Waals surface area contributed by atoms with Crippen molar-refractivity contribution in [1.82, 2.24) is 4.98 Å². The van der Waals surface area contributed by atoms with E-state index in [1.54, 1.807) is 6.20 Å². The van der Waals surface area contributed by atoms with E-state index in [9.17, 15) is 4.79 Å². The molecule has 4 nitrogen and oxygen atoms in total. The third-order valence-electron chi connectivity index (χ3n) is 4.04. The van der Waals surface area contributed by atoms with Gasteiger partial charge in [0.1, 0.15) is 5.82 Å². The smallest absolute Gasteiger partial charge is 0.259 e. The van der Waals surface area contributed by atoms with Gasteiger partial charge in [0.15, 0.2) is 0 Å². The second-order valence-corrected chi connectivity index (χ2v) is 5.47. The van der Waals surface area contributed by atoms with Gasteiger partial charge < -0.3 is 10.2 Å². The number of carbonyl (C=O) groups is 1. The standard InChI is InChI=1S/C17H15N3O/c1-11-8-13-9-14(10-18-16(13)19-11)17(21)20-7-6-12-4-2-3-5-15(12)20/h2-5,9-10H,1,6-8H2,(H,18,19). The van der Waals surface area contributed by atoms with E-state index in [0.29, 0.717) is 5.56 Å². The molecule has 21 heavy (non-hydrogen) atoms. The zero-order chi connectivity index (χ0) is 14.4. The molecule has 3 heterocycles. The van der Waals surface area contributed by atoms with Gasteiger partial charge >= 0.3 is 0 Å². The van der Waals surface area contributed by atoms with Crippen molar-refractivity contribution in [3.63, 3.8) is 0 Å². The van der Waals surface area contributed by atoms with Crippen LogP contribution < -0.4 is 10.2 Å². The van der Waals surface area contributed by atoms with E-state index in [-0.39, 0.29) is 5.91 Å². The molecule has 1 amide bonds. The van der Waals surface area contributed by atoms with Crippen LogP contribution in [0.1, 0.15) is 21.5 Å². The first-order chi connectivity index (χ1) is 10.2. The van der Waals surface area contributed by atoms with Crippen LogP contribution in [0.2, 0.25) is 0 Å². The Balaban J connectivity index is 1.68. The number of nitrogens with zero attached hydrogens (tertiary/aromatic N) is 2. The van der Waals surface area contributed by atoms with Gasteiger partial charge in [0.25, 0.3) is 5.91 Å². The lowest BCUT2D eigenvalue weighted by Gasteiger charge is -2.17. The highest BCUT2D eigenvalue weighted by Gasteiger charge is 2.26. The summed E-state index contributed by atoms with van der Waals surface area (Å²) in [4.78, 5) is 18.9. The van der Waals surface area contributed by atoms with Crippen LogP contribution in [-0.2, 0) is 12.8 Å². The molecule has 0 fully saturated rings. The number of nitrogens with one attached hydrogen (secondary N) is 1. The predicted molar refractivity (Wildman–Crippen MR) is 82.5 cm³/mol. The Morgan fingerprint density at radius 3 is 3.05 bits per heavy atom. The molecule has 2 aliphatic heterocycles. The number of hydrogen-bond acceptors (Lipinski definition) is 3. The number of carbonyl (C=O) groups excluding carboxylic acids is 1. The molecule has 4 heteroatoms. The Hall–Kier alpha value is -2.62. The number of para-hydroxylation sites is 1. The van der Waals surface area contributed by atoms with Gasteiger partial charge in [0, 0.05) is 36.1 Å². The number of fused-ring (bicyclic) bond motifs is 2. The molecule has 0 saturated carbocycles. The summed E-state index contributed by atoms with van der Waals surface area (Å²) in [7, 11) is 0. The molecule has 1 aromatic carbocycles. The van der Waals surface area contributed by atoms with Gasteiger partial charge in [-0.2, -0.15) is 0 Å². The van der Waals surface area contributed by atoms with Crippen molar-refractivity contribution in [3.8, 4) is 0 Å². The minimum Gasteiger partial charge on any atom is -0.344 e. The van der Waals surface area contributed by atoms with Crippen molar-refractivity contribution in [2.24, 2.45) is 0 Å². The molecule has 0 spiro atoms. The Morgan fingerprint density at radius 1 is 1.29 bits per heavy atom. The molecular weight excluding hydrogens is 262 g/mol. The Kier molecular flexibility index (Phi) is 2.57. The normalized spacial score (nSPS) is 15.6. The van der Waals surface area contributed by atoms with Crippen molar-refractivity contribution >= 4 is 17.4 Å². The van der Waals surface area contributed by atoms with Gasteiger partial charge in [-0.25, -0.2) is 4.98 Å². The van der Waals surface area contributed by atoms with Crippen LogP contribution in [0.15, 0.2) is 48.8 Å². The van der Waals surface area contributed by atoms with Crippen molar-refractivity contribution < 1.29 is 4.79 Å². The number of pyridine rings is 1. The number of aromatic nitrogens is 1. The summed E-state index contributed by atoms with van der Waals surface area (Å²) >= 11 is 0. The second-order valence-electron chi connectivity index (χ2n) is 5.47. The van der Waals surface area contributed by atoms with Gasteiger partial charge in [0.2, 0.25) is 0 Å². The maximum Gasteiger partial charge on any atom is 0.259 e. The quantitative estimate of drug-likeness (QED) is 0.871. The Bertz CT molecular complexity index is 766. The fraction of sp³-hybridized carbons (Fsp3) is 0.176. The molecule has 0 radical (unpaired) electrons. The van der Waals surface area contributed by atoms with Crippen LogP contribution in [0.5, 0.6) is 0 Å². The molecule has 0 aliphatic carbocycles. The molecule has 0 atom stereocenters. The van der Waals surface area contributed by atoms with Crippen LogP contribution in [0.25, 0.3) is 0 Å². The number of hydrogen-bond donors (Lipinski definition) is 1. The fourth-order valence-electron chi connectivity index (χ4n) is 3.02. The topological polar surface area (TPSA) is 45.2 Å². The highest BCUT2D eigenvalue weighted by atomic mass is 16.2. The lowest BCUT2D eigenvalue weighted by molar-refractivity contribution is 0.0989. The van der Waals surface area contributed by atoms with E-state index in [4.69, 9.17) is 0 Å². The molecule has 1 N–H and O–H groups in total. The van der Waals surface area contributed by atoms with E-state index in [0.717, 1.165) is 42.2 Å². The summed E-state index contributed by atoms with van der Waals surface area (Å²) < 4.78 is 0. The third-order valence-corrected chi connectivity index (χ3v) is 4.04. The number of rotatable bonds is 1. The predicted octanol–water partition coefficient (Wildman–Crippen LogP) is 2.77. The summed E-state index contributed by atoms with van der Waals surface area (Å²) in [5.41, 5.74) is 4.86. The van der Waals surface area contributed by atoms with Crippen molar-refractivity contribution in [1.29, 1.82) is 0 Å². The lowest BCUT2D eigenvalue weighted by atomic mass is 10.1. The lowest BCUT2D eigenvalue weighted by Crippen LogP contribution is -2.29. The monoisotopic (exact) mass is 277 g/mol. The van der Waals surface area contributed by atoms with Crippen LogP contribution >= 0.6 is 0 Å². The van der Waals surface area contributed by atoms with Gasteiger partial charge in [-0.05, 0) is 24.1 Å². The fourth-order valence-corrected chi connectivity index (χ4v) is 3.02. The van der Waals surface area contributed by atoms with Gasteiger partial charge in [-0.3, -0.25) is 4.79 Å². The van der Waals surface area contributed by atoms with E-state index in [1.165, 1.54) is 5.56 Å². The van der Waals surface area contributed by atoms with Crippen LogP contribution in [-0.4, -0.2) is 17.4 Å².